The summed E-state index contributed by atoms with van der Waals surface area (Å²) in [4.78, 5) is 65.0. The number of unbranched alkanes of at least 4 members (excludes halogenated alkanes) is 12. The molecule has 22 heteroatoms. The normalized spacial score (nSPS) is 16.8. The number of carbonyl (C=O) groups is 2. The molecule has 2 aromatic carbocycles. The van der Waals surface area contributed by atoms with Gasteiger partial charge in [-0.25, -0.2) is 13.9 Å². The third-order valence-electron chi connectivity index (χ3n) is 10.5. The number of hydrogen-bond acceptors (Lipinski definition) is 15. The third kappa shape index (κ3) is 20.2. The predicted octanol–water partition coefficient (Wildman–Crippen LogP) is 10.7. The predicted molar refractivity (Wildman–Crippen MR) is 246 cm³/mol. The fraction of sp³-hybridized carbons (Fsp3) is 0.591. The number of hydrogen-bond donors (Lipinski definition) is 3. The largest absolute Gasteiger partial charge is 0.484 e. The molecule has 5 N–H and O–H groups in total. The first-order chi connectivity index (χ1) is 31.2. The van der Waals surface area contributed by atoms with Gasteiger partial charge in [0.25, 0.3) is 5.56 Å². The number of esters is 2. The number of nitrogens with one attached hydrogen (secondary N) is 1. The molecule has 4 rings (SSSR count). The molecule has 20 nitrogen and oxygen atoms in total. The number of ether oxygens (including phenoxy) is 3. The van der Waals surface area contributed by atoms with Crippen LogP contribution in [0.1, 0.15) is 146 Å². The summed E-state index contributed by atoms with van der Waals surface area (Å²) < 4.78 is 66.7. The highest BCUT2D eigenvalue weighted by molar-refractivity contribution is 7.61. The van der Waals surface area contributed by atoms with Crippen molar-refractivity contribution in [1.82, 2.24) is 15.7 Å². The topological polar surface area (TPSA) is 292 Å². The Morgan fingerprint density at radius 3 is 1.73 bits per heavy atom. The Morgan fingerprint density at radius 1 is 0.788 bits per heavy atom. The van der Waals surface area contributed by atoms with Gasteiger partial charge < -0.3 is 25.3 Å². The number of benzene rings is 2. The Kier molecular flexibility index (Phi) is 24.8. The molecule has 1 aliphatic rings. The van der Waals surface area contributed by atoms with Crippen molar-refractivity contribution >= 4 is 27.6 Å². The van der Waals surface area contributed by atoms with Crippen molar-refractivity contribution < 1.29 is 55.7 Å². The maximum Gasteiger partial charge on any atom is 0.484 e. The minimum Gasteiger partial charge on any atom is -0.427 e. The Morgan fingerprint density at radius 2 is 1.26 bits per heavy atom. The number of rotatable bonds is 31. The summed E-state index contributed by atoms with van der Waals surface area (Å²) in [6.45, 7) is 4.17. The minimum atomic E-state index is -5.32. The molecule has 1 fully saturated rings. The lowest BCUT2D eigenvalue weighted by atomic mass is 10.1. The smallest absolute Gasteiger partial charge is 0.427 e. The molecule has 3 aromatic rings. The van der Waals surface area contributed by atoms with E-state index in [1.54, 1.807) is 24.3 Å². The Bertz CT molecular complexity index is 2130. The van der Waals surface area contributed by atoms with Crippen LogP contribution < -0.4 is 26.9 Å². The maximum atomic E-state index is 14.1. The number of phosphoric ester groups is 2. The highest BCUT2D eigenvalue weighted by atomic mass is 31.3. The number of azide groups is 1. The number of phosphoric acid groups is 2. The van der Waals surface area contributed by atoms with Gasteiger partial charge in [-0.15, -0.1) is 0 Å². The lowest BCUT2D eigenvalue weighted by molar-refractivity contribution is -0.135. The highest BCUT2D eigenvalue weighted by Gasteiger charge is 2.42. The van der Waals surface area contributed by atoms with Crippen molar-refractivity contribution in [3.63, 3.8) is 0 Å². The first-order valence-electron chi connectivity index (χ1n) is 22.4. The molecule has 0 bridgehead atoms. The molecule has 1 saturated heterocycles. The van der Waals surface area contributed by atoms with Crippen molar-refractivity contribution in [3.05, 3.63) is 103 Å². The summed E-state index contributed by atoms with van der Waals surface area (Å²) in [6.07, 6.45) is 14.4. The van der Waals surface area contributed by atoms with Gasteiger partial charge in [-0.1, -0.05) is 120 Å². The number of nitrogens with zero attached hydrogens (tertiary/aromatic N) is 4. The van der Waals surface area contributed by atoms with Crippen LogP contribution in [0.5, 0.6) is 11.5 Å². The van der Waals surface area contributed by atoms with E-state index in [1.807, 2.05) is 0 Å². The van der Waals surface area contributed by atoms with Crippen molar-refractivity contribution in [2.45, 2.75) is 162 Å². The molecule has 4 atom stereocenters. The van der Waals surface area contributed by atoms with E-state index in [2.05, 4.69) is 28.9 Å². The average Bonchev–Trinajstić information content (AvgIpc) is 3.68. The van der Waals surface area contributed by atoms with Gasteiger partial charge in [0.15, 0.2) is 0 Å². The fourth-order valence-electron chi connectivity index (χ4n) is 6.86. The Hall–Kier alpha value is -4.45. The van der Waals surface area contributed by atoms with Gasteiger partial charge in [0.1, 0.15) is 17.7 Å². The lowest BCUT2D eigenvalue weighted by Crippen LogP contribution is -2.33. The van der Waals surface area contributed by atoms with Crippen LogP contribution in [0.15, 0.2) is 69.4 Å². The Labute approximate surface area is 385 Å². The van der Waals surface area contributed by atoms with Crippen LogP contribution in [0.3, 0.4) is 0 Å². The molecule has 1 unspecified atom stereocenters. The Balaban J connectivity index is 0.0000116. The zero-order chi connectivity index (χ0) is 47.1. The minimum absolute atomic E-state index is 0. The molecule has 1 aromatic heterocycles. The molecule has 0 aliphatic carbocycles. The second-order valence-electron chi connectivity index (χ2n) is 15.9. The molecule has 366 valence electrons. The highest BCUT2D eigenvalue weighted by Crippen LogP contribution is 2.64. The quantitative estimate of drug-likeness (QED) is 0.0103. The number of aromatic nitrogens is 2. The van der Waals surface area contributed by atoms with E-state index in [0.717, 1.165) is 55.9 Å². The van der Waals surface area contributed by atoms with E-state index in [1.165, 1.54) is 75.9 Å². The molecule has 0 saturated carbocycles. The van der Waals surface area contributed by atoms with E-state index < -0.39 is 65.1 Å². The van der Waals surface area contributed by atoms with Crippen molar-refractivity contribution in [2.24, 2.45) is 5.11 Å². The van der Waals surface area contributed by atoms with E-state index in [-0.39, 0.29) is 54.4 Å². The summed E-state index contributed by atoms with van der Waals surface area (Å²) in [5, 5.41) is 3.67. The molecule has 66 heavy (non-hydrogen) atoms. The molecule has 0 radical (unpaired) electrons. The maximum absolute atomic E-state index is 14.1. The van der Waals surface area contributed by atoms with Crippen LogP contribution >= 0.6 is 15.6 Å². The zero-order valence-electron chi connectivity index (χ0n) is 38.2. The third-order valence-corrected chi connectivity index (χ3v) is 13.5. The molecular formula is C44H66N6O14P2. The van der Waals surface area contributed by atoms with Gasteiger partial charge in [0.05, 0.1) is 32.0 Å². The van der Waals surface area contributed by atoms with E-state index in [0.29, 0.717) is 11.1 Å². The van der Waals surface area contributed by atoms with E-state index in [4.69, 9.17) is 37.6 Å². The summed E-state index contributed by atoms with van der Waals surface area (Å²) in [7, 11) is -10.3. The zero-order valence-corrected chi connectivity index (χ0v) is 40.0. The van der Waals surface area contributed by atoms with Crippen molar-refractivity contribution in [1.29, 1.82) is 0 Å². The van der Waals surface area contributed by atoms with Crippen LogP contribution in [0.25, 0.3) is 10.4 Å². The summed E-state index contributed by atoms with van der Waals surface area (Å²) in [5.74, 6) is -0.166. The van der Waals surface area contributed by atoms with Gasteiger partial charge in [-0.05, 0) is 60.7 Å². The van der Waals surface area contributed by atoms with Crippen LogP contribution in [0.4, 0.5) is 0 Å². The summed E-state index contributed by atoms with van der Waals surface area (Å²) >= 11 is 0. The molecule has 0 amide bonds. The molecule has 0 spiro atoms. The average molecular weight is 965 g/mol. The SMILES string of the molecule is CCCCCCCCCC(=O)Oc1ccc(COP(=O)(OCc2ccc(OC(=O)CCCCCCCCC)cc2)OP(=O)(O)OC[C@H]2O[C@@H](n3cc(C)c(=O)[nH]c3=O)C[C@@H]2N=[N+]=[N-])cc1.N. The second-order valence-corrected chi connectivity index (χ2v) is 19.2. The van der Waals surface area contributed by atoms with Gasteiger partial charge in [0, 0.05) is 35.9 Å². The number of H-pyrrole nitrogens is 1. The first kappa shape index (κ1) is 55.9. The van der Waals surface area contributed by atoms with E-state index >= 15 is 0 Å². The molecule has 2 heterocycles. The molecule has 1 aliphatic heterocycles. The van der Waals surface area contributed by atoms with Gasteiger partial charge in [-0.2, -0.15) is 4.31 Å². The number of aryl methyl sites for hydroxylation is 1. The second kappa shape index (κ2) is 29.3. The standard InChI is InChI=1S/C44H63N5O14P2.H3N/c1-4-6-8-10-12-14-16-18-41(50)60-36-24-20-34(21-25-36)30-58-65(56,59-31-35-22-26-37(27-23-35)61-42(51)19-17-15-13-11-9-7-5-2)63-64(54,55)57-32-39-38(47-48-45)28-40(62-39)49-29-33(3)43(52)46-44(49)53;/h20-27,29,38-40H,4-19,28,30-32H2,1-3H3,(H,54,55)(H,46,52,53);1H3/t38-,39+,40+;/m0./s1. The fourth-order valence-corrected chi connectivity index (χ4v) is 9.46. The first-order valence-corrected chi connectivity index (χ1v) is 25.4. The van der Waals surface area contributed by atoms with Crippen LogP contribution in [-0.4, -0.2) is 45.1 Å². The van der Waals surface area contributed by atoms with Crippen molar-refractivity contribution in [3.8, 4) is 11.5 Å². The van der Waals surface area contributed by atoms with Crippen molar-refractivity contribution in [2.75, 3.05) is 6.61 Å². The summed E-state index contributed by atoms with van der Waals surface area (Å²) in [6, 6.07) is 11.3. The lowest BCUT2D eigenvalue weighted by Gasteiger charge is -2.22. The van der Waals surface area contributed by atoms with Crippen LogP contribution in [0, 0.1) is 6.92 Å². The van der Waals surface area contributed by atoms with Gasteiger partial charge in [-0.3, -0.25) is 37.5 Å². The van der Waals surface area contributed by atoms with Gasteiger partial charge in [0.2, 0.25) is 0 Å². The van der Waals surface area contributed by atoms with Crippen LogP contribution in [-0.2, 0) is 54.6 Å². The van der Waals surface area contributed by atoms with Gasteiger partial charge >= 0.3 is 33.3 Å². The number of aromatic amines is 1. The molecular weight excluding hydrogens is 898 g/mol. The van der Waals surface area contributed by atoms with E-state index in [9.17, 15) is 33.2 Å². The van der Waals surface area contributed by atoms with Crippen LogP contribution in [0.2, 0.25) is 0 Å². The monoisotopic (exact) mass is 964 g/mol. The number of carbonyl (C=O) groups excluding carboxylic acids is 2. The summed E-state index contributed by atoms with van der Waals surface area (Å²) in [5.41, 5.74) is 8.82.